The van der Waals surface area contributed by atoms with Crippen molar-refractivity contribution < 1.29 is 4.79 Å². The molecule has 1 amide bonds. The Balaban J connectivity index is 1.84. The van der Waals surface area contributed by atoms with Gasteiger partial charge in [-0.1, -0.05) is 30.3 Å². The molecule has 4 nitrogen and oxygen atoms in total. The molecule has 0 aliphatic rings. The Bertz CT molecular complexity index is 533. The Morgan fingerprint density at radius 2 is 2.00 bits per heavy atom. The van der Waals surface area contributed by atoms with Crippen LogP contribution in [0.25, 0.3) is 0 Å². The molecule has 0 saturated heterocycles. The Morgan fingerprint density at radius 3 is 2.63 bits per heavy atom. The summed E-state index contributed by atoms with van der Waals surface area (Å²) in [4.78, 5) is 11.9. The molecule has 1 heterocycles. The Hall–Kier alpha value is -2.07. The number of aromatic nitrogens is 1. The minimum atomic E-state index is -0.511. The van der Waals surface area contributed by atoms with Crippen LogP contribution in [-0.2, 0) is 24.8 Å². The average molecular weight is 257 g/mol. The molecule has 1 aromatic heterocycles. The van der Waals surface area contributed by atoms with E-state index in [-0.39, 0.29) is 5.91 Å². The normalized spacial score (nSPS) is 12.1. The maximum absolute atomic E-state index is 11.9. The highest BCUT2D eigenvalue weighted by molar-refractivity contribution is 5.81. The summed E-state index contributed by atoms with van der Waals surface area (Å²) in [6.07, 6.45) is 2.51. The molecule has 2 rings (SSSR count). The van der Waals surface area contributed by atoms with Gasteiger partial charge in [0.15, 0.2) is 0 Å². The predicted octanol–water partition coefficient (Wildman–Crippen LogP) is 1.21. The van der Waals surface area contributed by atoms with E-state index in [0.717, 1.165) is 11.3 Å². The second-order valence-electron chi connectivity index (χ2n) is 4.62. The SMILES string of the molecule is Cn1cccc1CNC(=O)[C@@H](N)Cc1ccccc1. The number of aryl methyl sites for hydroxylation is 1. The van der Waals surface area contributed by atoms with Crippen LogP contribution in [-0.4, -0.2) is 16.5 Å². The number of nitrogens with zero attached hydrogens (tertiary/aromatic N) is 1. The third kappa shape index (κ3) is 3.69. The van der Waals surface area contributed by atoms with Crippen LogP contribution in [0.15, 0.2) is 48.7 Å². The van der Waals surface area contributed by atoms with Crippen molar-refractivity contribution in [2.45, 2.75) is 19.0 Å². The monoisotopic (exact) mass is 257 g/mol. The van der Waals surface area contributed by atoms with Crippen LogP contribution in [0.1, 0.15) is 11.3 Å². The zero-order chi connectivity index (χ0) is 13.7. The van der Waals surface area contributed by atoms with Gasteiger partial charge in [0.2, 0.25) is 5.91 Å². The Kier molecular flexibility index (Phi) is 4.36. The second-order valence-corrected chi connectivity index (χ2v) is 4.62. The van der Waals surface area contributed by atoms with Gasteiger partial charge in [0.1, 0.15) is 0 Å². The fourth-order valence-corrected chi connectivity index (χ4v) is 1.95. The standard InChI is InChI=1S/C15H19N3O/c1-18-9-5-8-13(18)11-17-15(19)14(16)10-12-6-3-2-4-7-12/h2-9,14H,10-11,16H2,1H3,(H,17,19)/t14-/m0/s1. The molecule has 1 atom stereocenters. The number of nitrogens with two attached hydrogens (primary N) is 1. The number of nitrogens with one attached hydrogen (secondary N) is 1. The molecule has 3 N–H and O–H groups in total. The van der Waals surface area contributed by atoms with Crippen LogP contribution >= 0.6 is 0 Å². The average Bonchev–Trinajstić information content (AvgIpc) is 2.82. The topological polar surface area (TPSA) is 60.0 Å². The largest absolute Gasteiger partial charge is 0.353 e. The van der Waals surface area contributed by atoms with Crippen molar-refractivity contribution in [1.82, 2.24) is 9.88 Å². The number of hydrogen-bond acceptors (Lipinski definition) is 2. The predicted molar refractivity (Wildman–Crippen MR) is 75.4 cm³/mol. The molecule has 0 aliphatic heterocycles. The quantitative estimate of drug-likeness (QED) is 0.846. The van der Waals surface area contributed by atoms with Gasteiger partial charge in [0.25, 0.3) is 0 Å². The lowest BCUT2D eigenvalue weighted by Crippen LogP contribution is -2.41. The lowest BCUT2D eigenvalue weighted by molar-refractivity contribution is -0.122. The first-order chi connectivity index (χ1) is 9.16. The zero-order valence-corrected chi connectivity index (χ0v) is 11.0. The van der Waals surface area contributed by atoms with Crippen molar-refractivity contribution >= 4 is 5.91 Å². The van der Waals surface area contributed by atoms with Crippen LogP contribution < -0.4 is 11.1 Å². The third-order valence-corrected chi connectivity index (χ3v) is 3.13. The highest BCUT2D eigenvalue weighted by Crippen LogP contribution is 2.03. The molecular weight excluding hydrogens is 238 g/mol. The van der Waals surface area contributed by atoms with E-state index in [9.17, 15) is 4.79 Å². The number of carbonyl (C=O) groups is 1. The van der Waals surface area contributed by atoms with Gasteiger partial charge in [-0.05, 0) is 24.1 Å². The van der Waals surface area contributed by atoms with E-state index in [0.29, 0.717) is 13.0 Å². The van der Waals surface area contributed by atoms with Crippen LogP contribution in [0.2, 0.25) is 0 Å². The summed E-state index contributed by atoms with van der Waals surface area (Å²) in [5.41, 5.74) is 8.04. The van der Waals surface area contributed by atoms with Gasteiger partial charge >= 0.3 is 0 Å². The summed E-state index contributed by atoms with van der Waals surface area (Å²) in [5.74, 6) is -0.120. The Labute approximate surface area is 113 Å². The van der Waals surface area contributed by atoms with Crippen molar-refractivity contribution in [1.29, 1.82) is 0 Å². The molecule has 100 valence electrons. The fraction of sp³-hybridized carbons (Fsp3) is 0.267. The van der Waals surface area contributed by atoms with E-state index in [1.165, 1.54) is 0 Å². The maximum atomic E-state index is 11.9. The second kappa shape index (κ2) is 6.20. The van der Waals surface area contributed by atoms with Crippen LogP contribution in [0.5, 0.6) is 0 Å². The lowest BCUT2D eigenvalue weighted by Gasteiger charge is -2.12. The summed E-state index contributed by atoms with van der Waals surface area (Å²) in [6.45, 7) is 0.505. The highest BCUT2D eigenvalue weighted by atomic mass is 16.2. The van der Waals surface area contributed by atoms with Gasteiger partial charge in [0.05, 0.1) is 12.6 Å². The number of benzene rings is 1. The zero-order valence-electron chi connectivity index (χ0n) is 11.0. The van der Waals surface area contributed by atoms with Crippen molar-refractivity contribution in [3.8, 4) is 0 Å². The highest BCUT2D eigenvalue weighted by Gasteiger charge is 2.13. The fourth-order valence-electron chi connectivity index (χ4n) is 1.95. The minimum Gasteiger partial charge on any atom is -0.353 e. The third-order valence-electron chi connectivity index (χ3n) is 3.13. The summed E-state index contributed by atoms with van der Waals surface area (Å²) >= 11 is 0. The van der Waals surface area contributed by atoms with Gasteiger partial charge < -0.3 is 15.6 Å². The Morgan fingerprint density at radius 1 is 1.26 bits per heavy atom. The smallest absolute Gasteiger partial charge is 0.237 e. The number of amides is 1. The summed E-state index contributed by atoms with van der Waals surface area (Å²) in [5, 5.41) is 2.86. The van der Waals surface area contributed by atoms with Crippen molar-refractivity contribution in [2.24, 2.45) is 12.8 Å². The molecular formula is C15H19N3O. The van der Waals surface area contributed by atoms with E-state index in [1.807, 2.05) is 60.3 Å². The molecule has 19 heavy (non-hydrogen) atoms. The molecule has 0 aliphatic carbocycles. The summed E-state index contributed by atoms with van der Waals surface area (Å²) < 4.78 is 1.98. The van der Waals surface area contributed by atoms with Crippen molar-refractivity contribution in [3.63, 3.8) is 0 Å². The molecule has 2 aromatic rings. The van der Waals surface area contributed by atoms with Crippen LogP contribution in [0, 0.1) is 0 Å². The maximum Gasteiger partial charge on any atom is 0.237 e. The van der Waals surface area contributed by atoms with Crippen LogP contribution in [0.4, 0.5) is 0 Å². The van der Waals surface area contributed by atoms with Gasteiger partial charge in [-0.2, -0.15) is 0 Å². The van der Waals surface area contributed by atoms with E-state index < -0.39 is 6.04 Å². The molecule has 0 fully saturated rings. The van der Waals surface area contributed by atoms with E-state index >= 15 is 0 Å². The first-order valence-corrected chi connectivity index (χ1v) is 6.34. The van der Waals surface area contributed by atoms with Crippen molar-refractivity contribution in [3.05, 3.63) is 59.9 Å². The first kappa shape index (κ1) is 13.4. The van der Waals surface area contributed by atoms with Gasteiger partial charge in [0, 0.05) is 18.9 Å². The van der Waals surface area contributed by atoms with Crippen molar-refractivity contribution in [2.75, 3.05) is 0 Å². The molecule has 0 spiro atoms. The minimum absolute atomic E-state index is 0.120. The molecule has 0 unspecified atom stereocenters. The molecule has 0 saturated carbocycles. The van der Waals surface area contributed by atoms with Gasteiger partial charge in [-0.3, -0.25) is 4.79 Å². The van der Waals surface area contributed by atoms with E-state index in [4.69, 9.17) is 5.73 Å². The molecule has 1 aromatic carbocycles. The summed E-state index contributed by atoms with van der Waals surface area (Å²) in [7, 11) is 1.95. The molecule has 4 heteroatoms. The molecule has 0 bridgehead atoms. The number of hydrogen-bond donors (Lipinski definition) is 2. The van der Waals surface area contributed by atoms with Gasteiger partial charge in [-0.15, -0.1) is 0 Å². The summed E-state index contributed by atoms with van der Waals surface area (Å²) in [6, 6.07) is 13.2. The lowest BCUT2D eigenvalue weighted by atomic mass is 10.1. The number of rotatable bonds is 5. The van der Waals surface area contributed by atoms with Gasteiger partial charge in [-0.25, -0.2) is 0 Å². The number of carbonyl (C=O) groups excluding carboxylic acids is 1. The van der Waals surface area contributed by atoms with E-state index in [2.05, 4.69) is 5.32 Å². The first-order valence-electron chi connectivity index (χ1n) is 6.34. The van der Waals surface area contributed by atoms with Crippen LogP contribution in [0.3, 0.4) is 0 Å². The van der Waals surface area contributed by atoms with E-state index in [1.54, 1.807) is 0 Å². The molecule has 0 radical (unpaired) electrons.